The van der Waals surface area contributed by atoms with E-state index < -0.39 is 260 Å². The number of carbonyl (C=O) groups is 3. The summed E-state index contributed by atoms with van der Waals surface area (Å²) in [4.78, 5) is 39.0. The third-order valence-corrected chi connectivity index (χ3v) is 14.6. The van der Waals surface area contributed by atoms with E-state index in [0.717, 1.165) is 13.8 Å². The van der Waals surface area contributed by atoms with Gasteiger partial charge in [0.15, 0.2) is 44.0 Å². The average Bonchev–Trinajstić information content (AvgIpc) is 3.65. The Morgan fingerprint density at radius 3 is 1.29 bits per heavy atom. The summed E-state index contributed by atoms with van der Waals surface area (Å²) in [6, 6.07) is -4.18. The number of nitrogens with one attached hydrogen (secondary N) is 2. The number of rotatable bonds is 24. The average molecular weight is 1220 g/mol. The summed E-state index contributed by atoms with van der Waals surface area (Å²) >= 11 is 0. The highest BCUT2D eigenvalue weighted by molar-refractivity contribution is 5.77. The first-order valence-electron chi connectivity index (χ1n) is 25.9. The molecule has 0 bridgehead atoms. The second kappa shape index (κ2) is 30.5. The highest BCUT2D eigenvalue weighted by atomic mass is 16.8. The predicted molar refractivity (Wildman–Crippen MR) is 251 cm³/mol. The lowest BCUT2D eigenvalue weighted by atomic mass is 9.95. The van der Waals surface area contributed by atoms with Gasteiger partial charge in [-0.2, -0.15) is 0 Å². The van der Waals surface area contributed by atoms with Crippen molar-refractivity contribution in [2.24, 2.45) is 0 Å². The van der Waals surface area contributed by atoms with E-state index in [9.17, 15) is 122 Å². The standard InChI is InChI=1S/C45H76N2O36/c1-10(54)46-12(3-48)35(79-40-19(47-11(2)55)25(61)20(56)13(4-49)73-40)36(80-44-34(70)29(65)30(66)39(71)83-44)18(9-72-41-31(67)26(62)21(57)14(5-50)74-41)78-45-38(82-43-33(69)28(64)23(59)16(7-52)76-43)37(24(60)17(8-53)77-45)81-42-32(68)27(63)22(58)15(6-51)75-42/h3,12-45,49-53,56-71H,4-9H2,1-2H3,(H,46,54)(H,47,55)/t12-,13+,14+,15+,16+,17+,18+,19+,20+,21+,22+,23+,24+,25+,26-,27-,28-,29-,30-,31-,32-,33-,34-,35+,36+,37-,38-,39-,40-,41-,42+,43+,44+,45+/m0/s1. The minimum Gasteiger partial charge on any atom is -0.394 e. The van der Waals surface area contributed by atoms with Crippen LogP contribution in [0.15, 0.2) is 0 Å². The number of hydrogen-bond acceptors (Lipinski definition) is 36. The van der Waals surface area contributed by atoms with E-state index in [4.69, 9.17) is 56.8 Å². The van der Waals surface area contributed by atoms with Gasteiger partial charge in [0.1, 0.15) is 171 Å². The van der Waals surface area contributed by atoms with Crippen molar-refractivity contribution in [3.05, 3.63) is 0 Å². The lowest BCUT2D eigenvalue weighted by Crippen LogP contribution is -2.69. The third-order valence-electron chi connectivity index (χ3n) is 14.6. The molecule has 6 fully saturated rings. The lowest BCUT2D eigenvalue weighted by Gasteiger charge is -2.50. The normalized spacial score (nSPS) is 46.7. The number of hydrogen-bond donors (Lipinski definition) is 23. The first-order valence-corrected chi connectivity index (χ1v) is 25.9. The molecule has 23 N–H and O–H groups in total. The summed E-state index contributed by atoms with van der Waals surface area (Å²) in [6.45, 7) is -5.17. The van der Waals surface area contributed by atoms with Gasteiger partial charge in [0.2, 0.25) is 11.8 Å². The molecule has 34 atom stereocenters. The molecule has 0 aromatic carbocycles. The Balaban J connectivity index is 1.59. The Morgan fingerprint density at radius 1 is 0.422 bits per heavy atom. The van der Waals surface area contributed by atoms with Crippen molar-refractivity contribution >= 4 is 18.1 Å². The Labute approximate surface area is 468 Å². The van der Waals surface area contributed by atoms with E-state index in [1.54, 1.807) is 0 Å². The summed E-state index contributed by atoms with van der Waals surface area (Å²) < 4.78 is 70.5. The second-order valence-electron chi connectivity index (χ2n) is 20.4. The number of ether oxygens (including phenoxy) is 12. The number of aldehydes is 1. The van der Waals surface area contributed by atoms with Crippen molar-refractivity contribution < 1.29 is 178 Å². The number of carbonyl (C=O) groups excluding carboxylic acids is 3. The largest absolute Gasteiger partial charge is 0.394 e. The van der Waals surface area contributed by atoms with Crippen LogP contribution >= 0.6 is 0 Å². The summed E-state index contributed by atoms with van der Waals surface area (Å²) in [5, 5.41) is 231. The van der Waals surface area contributed by atoms with E-state index in [1.165, 1.54) is 0 Å². The van der Waals surface area contributed by atoms with Gasteiger partial charge in [-0.05, 0) is 0 Å². The van der Waals surface area contributed by atoms with Crippen LogP contribution in [0.3, 0.4) is 0 Å². The molecule has 6 saturated heterocycles. The molecule has 0 saturated carbocycles. The molecule has 0 unspecified atom stereocenters. The molecule has 83 heavy (non-hydrogen) atoms. The molecule has 6 rings (SSSR count). The van der Waals surface area contributed by atoms with Gasteiger partial charge in [0, 0.05) is 13.8 Å². The van der Waals surface area contributed by atoms with E-state index in [2.05, 4.69) is 10.6 Å². The lowest BCUT2D eigenvalue weighted by molar-refractivity contribution is -0.405. The fourth-order valence-corrected chi connectivity index (χ4v) is 9.91. The number of aliphatic hydroxyl groups is 21. The maximum atomic E-state index is 13.4. The quantitative estimate of drug-likeness (QED) is 0.0399. The van der Waals surface area contributed by atoms with Crippen LogP contribution in [0.2, 0.25) is 0 Å². The summed E-state index contributed by atoms with van der Waals surface area (Å²) in [5.41, 5.74) is 0. The Hall–Kier alpha value is -2.71. The SMILES string of the molecule is CC(=O)N[C@H]1[C@H](O[C@@H]([C@H](O[C@@H]2O[C@H](O)[C@@H](O)[C@H](O)[C@@H]2O)[C@@H](CO[C@H]2O[C@H](CO)[C@@H](O)[C@H](O)[C@@H]2O)O[C@H]2O[C@H](CO)[C@@H](O)[C@H](O[C@H]3O[C@H](CO)[C@@H](O)[C@H](O)[C@@H]3O)[C@@H]2O[C@H]2O[C@H](CO)[C@@H](O)[C@H](O)[C@@H]2O)[C@H](C=O)NC(C)=O)O[C@H](CO)[C@@H](O)[C@@H]1O. The van der Waals surface area contributed by atoms with Crippen molar-refractivity contribution in [1.29, 1.82) is 0 Å². The maximum Gasteiger partial charge on any atom is 0.217 e. The van der Waals surface area contributed by atoms with Crippen LogP contribution in [0, 0.1) is 0 Å². The number of amides is 2. The van der Waals surface area contributed by atoms with Gasteiger partial charge in [-0.1, -0.05) is 0 Å². The highest BCUT2D eigenvalue weighted by Gasteiger charge is 2.58. The monoisotopic (exact) mass is 1220 g/mol. The first kappa shape index (κ1) is 69.4. The zero-order valence-electron chi connectivity index (χ0n) is 44.0. The Bertz CT molecular complexity index is 2020. The van der Waals surface area contributed by atoms with Gasteiger partial charge in [-0.15, -0.1) is 0 Å². The van der Waals surface area contributed by atoms with Crippen molar-refractivity contribution in [3.63, 3.8) is 0 Å². The van der Waals surface area contributed by atoms with E-state index in [-0.39, 0.29) is 6.29 Å². The molecule has 6 aliphatic rings. The van der Waals surface area contributed by atoms with Crippen molar-refractivity contribution in [2.45, 2.75) is 223 Å². The molecule has 38 heteroatoms. The first-order chi connectivity index (χ1) is 39.2. The van der Waals surface area contributed by atoms with Gasteiger partial charge >= 0.3 is 0 Å². The Kier molecular flexibility index (Phi) is 25.5. The fourth-order valence-electron chi connectivity index (χ4n) is 9.91. The van der Waals surface area contributed by atoms with Crippen LogP contribution in [0.25, 0.3) is 0 Å². The van der Waals surface area contributed by atoms with E-state index >= 15 is 0 Å². The highest BCUT2D eigenvalue weighted by Crippen LogP contribution is 2.37. The van der Waals surface area contributed by atoms with Crippen molar-refractivity contribution in [2.75, 3.05) is 39.6 Å². The van der Waals surface area contributed by atoms with Crippen LogP contribution < -0.4 is 10.6 Å². The van der Waals surface area contributed by atoms with Crippen molar-refractivity contribution in [3.8, 4) is 0 Å². The molecule has 0 aromatic heterocycles. The molecule has 0 spiro atoms. The zero-order chi connectivity index (χ0) is 61.6. The van der Waals surface area contributed by atoms with Gasteiger partial charge in [0.05, 0.1) is 39.6 Å². The second-order valence-corrected chi connectivity index (χ2v) is 20.4. The molecular formula is C45H76N2O36. The molecule has 2 amide bonds. The van der Waals surface area contributed by atoms with Crippen LogP contribution in [-0.4, -0.2) is 374 Å². The molecule has 0 aromatic rings. The zero-order valence-corrected chi connectivity index (χ0v) is 44.0. The van der Waals surface area contributed by atoms with Crippen molar-refractivity contribution in [1.82, 2.24) is 10.6 Å². The topological polar surface area (TPSA) is 611 Å². The van der Waals surface area contributed by atoms with E-state index in [0.29, 0.717) is 0 Å². The maximum absolute atomic E-state index is 13.4. The fraction of sp³-hybridized carbons (Fsp3) is 0.933. The van der Waals surface area contributed by atoms with Crippen LogP contribution in [0.4, 0.5) is 0 Å². The minimum absolute atomic E-state index is 0.0563. The van der Waals surface area contributed by atoms with Gasteiger partial charge < -0.3 is 180 Å². The molecule has 38 nitrogen and oxygen atoms in total. The molecule has 0 aliphatic carbocycles. The smallest absolute Gasteiger partial charge is 0.217 e. The summed E-state index contributed by atoms with van der Waals surface area (Å²) in [5.74, 6) is -2.02. The van der Waals surface area contributed by atoms with Crippen LogP contribution in [0.5, 0.6) is 0 Å². The molecule has 6 aliphatic heterocycles. The minimum atomic E-state index is -2.60. The van der Waals surface area contributed by atoms with Gasteiger partial charge in [-0.25, -0.2) is 0 Å². The molecule has 0 radical (unpaired) electrons. The predicted octanol–water partition coefficient (Wildman–Crippen LogP) is -16.2. The number of aliphatic hydroxyl groups excluding tert-OH is 21. The Morgan fingerprint density at radius 2 is 0.819 bits per heavy atom. The van der Waals surface area contributed by atoms with E-state index in [1.807, 2.05) is 0 Å². The van der Waals surface area contributed by atoms with Gasteiger partial charge in [-0.3, -0.25) is 9.59 Å². The molecular weight excluding hydrogens is 1140 g/mol. The summed E-state index contributed by atoms with van der Waals surface area (Å²) in [6.07, 6.45) is -71.4. The third kappa shape index (κ3) is 15.6. The molecule has 6 heterocycles. The summed E-state index contributed by atoms with van der Waals surface area (Å²) in [7, 11) is 0. The molecule has 482 valence electrons. The van der Waals surface area contributed by atoms with Crippen LogP contribution in [0.1, 0.15) is 13.8 Å². The van der Waals surface area contributed by atoms with Crippen LogP contribution in [-0.2, 0) is 71.2 Å². The van der Waals surface area contributed by atoms with Gasteiger partial charge in [0.25, 0.3) is 0 Å².